The van der Waals surface area contributed by atoms with Crippen LogP contribution in [0.2, 0.25) is 0 Å². The number of hydrogen-bond acceptors (Lipinski definition) is 2. The van der Waals surface area contributed by atoms with Crippen molar-refractivity contribution >= 4 is 5.96 Å². The molecule has 144 valence electrons. The maximum atomic E-state index is 13.7. The average molecular weight is 369 g/mol. The smallest absolute Gasteiger partial charge is 0.191 e. The van der Waals surface area contributed by atoms with Crippen molar-refractivity contribution in [3.05, 3.63) is 71.5 Å². The molecule has 1 aliphatic rings. The van der Waals surface area contributed by atoms with Crippen LogP contribution in [0.5, 0.6) is 0 Å². The third kappa shape index (κ3) is 5.07. The van der Waals surface area contributed by atoms with Gasteiger partial charge in [-0.05, 0) is 36.5 Å². The zero-order valence-electron chi connectivity index (χ0n) is 15.9. The van der Waals surface area contributed by atoms with E-state index in [0.29, 0.717) is 18.5 Å². The fraction of sp³-hybridized carbons (Fsp3) is 0.409. The fourth-order valence-corrected chi connectivity index (χ4v) is 3.61. The fourth-order valence-electron chi connectivity index (χ4n) is 3.61. The van der Waals surface area contributed by atoms with E-state index in [2.05, 4.69) is 39.9 Å². The molecule has 4 nitrogen and oxygen atoms in total. The highest BCUT2D eigenvalue weighted by Crippen LogP contribution is 2.34. The number of nitrogens with zero attached hydrogens (tertiary/aromatic N) is 1. The second kappa shape index (κ2) is 9.51. The molecule has 0 aromatic heterocycles. The SMILES string of the molecule is CN=C(NCCc1ccccc1F)NCC1(c2ccccc2)CCOCC1. The quantitative estimate of drug-likeness (QED) is 0.607. The standard InChI is InChI=1S/C22H28FN3O/c1-24-21(25-14-11-18-7-5-6-10-20(18)23)26-17-22(12-15-27-16-13-22)19-8-3-2-4-9-19/h2-10H,11-17H2,1H3,(H2,24,25,26). The first-order valence-electron chi connectivity index (χ1n) is 9.55. The molecule has 1 heterocycles. The van der Waals surface area contributed by atoms with Crippen molar-refractivity contribution in [2.24, 2.45) is 4.99 Å². The molecule has 1 saturated heterocycles. The highest BCUT2D eigenvalue weighted by atomic mass is 19.1. The number of rotatable bonds is 6. The van der Waals surface area contributed by atoms with Crippen LogP contribution in [-0.4, -0.2) is 39.3 Å². The van der Waals surface area contributed by atoms with Gasteiger partial charge in [-0.1, -0.05) is 48.5 Å². The van der Waals surface area contributed by atoms with E-state index in [1.165, 1.54) is 11.6 Å². The van der Waals surface area contributed by atoms with Gasteiger partial charge in [-0.25, -0.2) is 4.39 Å². The molecule has 0 saturated carbocycles. The summed E-state index contributed by atoms with van der Waals surface area (Å²) in [5, 5.41) is 6.76. The Labute approximate surface area is 160 Å². The summed E-state index contributed by atoms with van der Waals surface area (Å²) in [6.45, 7) is 2.97. The van der Waals surface area contributed by atoms with Crippen LogP contribution in [0, 0.1) is 5.82 Å². The van der Waals surface area contributed by atoms with Crippen molar-refractivity contribution in [2.75, 3.05) is 33.4 Å². The molecular formula is C22H28FN3O. The third-order valence-electron chi connectivity index (χ3n) is 5.30. The number of hydrogen-bond donors (Lipinski definition) is 2. The van der Waals surface area contributed by atoms with Crippen LogP contribution in [0.15, 0.2) is 59.6 Å². The van der Waals surface area contributed by atoms with Crippen LogP contribution in [-0.2, 0) is 16.6 Å². The molecule has 3 rings (SSSR count). The van der Waals surface area contributed by atoms with Gasteiger partial charge < -0.3 is 15.4 Å². The van der Waals surface area contributed by atoms with Gasteiger partial charge in [0.25, 0.3) is 0 Å². The largest absolute Gasteiger partial charge is 0.381 e. The number of nitrogens with one attached hydrogen (secondary N) is 2. The minimum atomic E-state index is -0.160. The molecule has 0 atom stereocenters. The van der Waals surface area contributed by atoms with Crippen LogP contribution >= 0.6 is 0 Å². The molecule has 0 amide bonds. The van der Waals surface area contributed by atoms with Crippen LogP contribution in [0.3, 0.4) is 0 Å². The molecule has 2 N–H and O–H groups in total. The van der Waals surface area contributed by atoms with E-state index in [0.717, 1.165) is 38.6 Å². The normalized spacial score (nSPS) is 16.7. The Hall–Kier alpha value is -2.40. The highest BCUT2D eigenvalue weighted by molar-refractivity contribution is 5.79. The van der Waals surface area contributed by atoms with Crippen molar-refractivity contribution in [3.8, 4) is 0 Å². The summed E-state index contributed by atoms with van der Waals surface area (Å²) in [6.07, 6.45) is 2.58. The van der Waals surface area contributed by atoms with Gasteiger partial charge in [-0.15, -0.1) is 0 Å². The predicted molar refractivity (Wildman–Crippen MR) is 108 cm³/mol. The van der Waals surface area contributed by atoms with Crippen molar-refractivity contribution in [3.63, 3.8) is 0 Å². The van der Waals surface area contributed by atoms with Gasteiger partial charge in [0.15, 0.2) is 5.96 Å². The molecule has 0 bridgehead atoms. The van der Waals surface area contributed by atoms with E-state index in [1.54, 1.807) is 13.1 Å². The summed E-state index contributed by atoms with van der Waals surface area (Å²) in [7, 11) is 1.76. The maximum absolute atomic E-state index is 13.7. The first kappa shape index (κ1) is 19.4. The summed E-state index contributed by atoms with van der Waals surface area (Å²) < 4.78 is 19.3. The Bertz CT molecular complexity index is 742. The minimum absolute atomic E-state index is 0.0443. The van der Waals surface area contributed by atoms with Crippen molar-refractivity contribution in [1.29, 1.82) is 0 Å². The number of halogens is 1. The van der Waals surface area contributed by atoms with E-state index >= 15 is 0 Å². The minimum Gasteiger partial charge on any atom is -0.381 e. The first-order valence-corrected chi connectivity index (χ1v) is 9.55. The second-order valence-electron chi connectivity index (χ2n) is 6.95. The van der Waals surface area contributed by atoms with Crippen LogP contribution in [0.25, 0.3) is 0 Å². The van der Waals surface area contributed by atoms with Gasteiger partial charge in [0.1, 0.15) is 5.82 Å². The zero-order valence-corrected chi connectivity index (χ0v) is 15.9. The van der Waals surface area contributed by atoms with Crippen LogP contribution < -0.4 is 10.6 Å². The monoisotopic (exact) mass is 369 g/mol. The number of aliphatic imine (C=N–C) groups is 1. The molecule has 2 aromatic carbocycles. The van der Waals surface area contributed by atoms with E-state index in [9.17, 15) is 4.39 Å². The molecule has 1 fully saturated rings. The number of benzene rings is 2. The lowest BCUT2D eigenvalue weighted by Crippen LogP contribution is -2.48. The van der Waals surface area contributed by atoms with Gasteiger partial charge in [0.2, 0.25) is 0 Å². The molecule has 0 aliphatic carbocycles. The molecule has 27 heavy (non-hydrogen) atoms. The first-order chi connectivity index (χ1) is 13.2. The maximum Gasteiger partial charge on any atom is 0.191 e. The topological polar surface area (TPSA) is 45.7 Å². The van der Waals surface area contributed by atoms with E-state index < -0.39 is 0 Å². The highest BCUT2D eigenvalue weighted by Gasteiger charge is 2.34. The molecule has 0 radical (unpaired) electrons. The van der Waals surface area contributed by atoms with Crippen molar-refractivity contribution < 1.29 is 9.13 Å². The van der Waals surface area contributed by atoms with Gasteiger partial charge in [-0.2, -0.15) is 0 Å². The van der Waals surface area contributed by atoms with Gasteiger partial charge in [0, 0.05) is 38.8 Å². The Kier molecular flexibility index (Phi) is 6.82. The Morgan fingerprint density at radius 3 is 2.44 bits per heavy atom. The molecular weight excluding hydrogens is 341 g/mol. The summed E-state index contributed by atoms with van der Waals surface area (Å²) in [5.74, 6) is 0.584. The van der Waals surface area contributed by atoms with Crippen LogP contribution in [0.1, 0.15) is 24.0 Å². The summed E-state index contributed by atoms with van der Waals surface area (Å²) in [6, 6.07) is 17.5. The molecule has 1 aliphatic heterocycles. The van der Waals surface area contributed by atoms with Gasteiger partial charge >= 0.3 is 0 Å². The molecule has 0 unspecified atom stereocenters. The predicted octanol–water partition coefficient (Wildman–Crippen LogP) is 3.28. The van der Waals surface area contributed by atoms with Gasteiger partial charge in [0.05, 0.1) is 0 Å². The summed E-state index contributed by atoms with van der Waals surface area (Å²) in [4.78, 5) is 4.32. The lowest BCUT2D eigenvalue weighted by molar-refractivity contribution is 0.0514. The summed E-state index contributed by atoms with van der Waals surface area (Å²) >= 11 is 0. The zero-order chi connectivity index (χ0) is 19.0. The van der Waals surface area contributed by atoms with Crippen molar-refractivity contribution in [2.45, 2.75) is 24.7 Å². The lowest BCUT2D eigenvalue weighted by Gasteiger charge is -2.38. The molecule has 0 spiro atoms. The average Bonchev–Trinajstić information content (AvgIpc) is 2.73. The molecule has 2 aromatic rings. The second-order valence-corrected chi connectivity index (χ2v) is 6.95. The number of ether oxygens (including phenoxy) is 1. The van der Waals surface area contributed by atoms with Crippen LogP contribution in [0.4, 0.5) is 4.39 Å². The Balaban J connectivity index is 1.58. The summed E-state index contributed by atoms with van der Waals surface area (Å²) in [5.41, 5.74) is 2.09. The Morgan fingerprint density at radius 1 is 1.04 bits per heavy atom. The third-order valence-corrected chi connectivity index (χ3v) is 5.30. The number of guanidine groups is 1. The van der Waals surface area contributed by atoms with Gasteiger partial charge in [-0.3, -0.25) is 4.99 Å². The van der Waals surface area contributed by atoms with Crippen molar-refractivity contribution in [1.82, 2.24) is 10.6 Å². The molecule has 5 heteroatoms. The lowest BCUT2D eigenvalue weighted by atomic mass is 9.74. The van der Waals surface area contributed by atoms with E-state index in [1.807, 2.05) is 18.2 Å². The Morgan fingerprint density at radius 2 is 1.74 bits per heavy atom. The van der Waals surface area contributed by atoms with E-state index in [-0.39, 0.29) is 11.2 Å². The van der Waals surface area contributed by atoms with E-state index in [4.69, 9.17) is 4.74 Å².